The maximum absolute atomic E-state index is 4.27. The number of aromatic nitrogens is 2. The van der Waals surface area contributed by atoms with Crippen LogP contribution in [0.5, 0.6) is 0 Å². The third kappa shape index (κ3) is 4.67. The molecule has 0 saturated carbocycles. The van der Waals surface area contributed by atoms with Gasteiger partial charge in [0, 0.05) is 16.5 Å². The summed E-state index contributed by atoms with van der Waals surface area (Å²) >= 11 is 5.17. The van der Waals surface area contributed by atoms with Crippen molar-refractivity contribution in [2.75, 3.05) is 13.1 Å². The van der Waals surface area contributed by atoms with E-state index in [1.54, 1.807) is 11.3 Å². The number of halogens is 1. The van der Waals surface area contributed by atoms with Crippen LogP contribution in [-0.2, 0) is 6.42 Å². The van der Waals surface area contributed by atoms with E-state index in [1.807, 2.05) is 12.1 Å². The van der Waals surface area contributed by atoms with Crippen LogP contribution in [0.1, 0.15) is 24.8 Å². The van der Waals surface area contributed by atoms with Gasteiger partial charge in [0.2, 0.25) is 0 Å². The maximum Gasteiger partial charge on any atom is 0.147 e. The largest absolute Gasteiger partial charge is 0.317 e. The van der Waals surface area contributed by atoms with Crippen molar-refractivity contribution < 1.29 is 0 Å². The van der Waals surface area contributed by atoms with E-state index in [2.05, 4.69) is 50.5 Å². The van der Waals surface area contributed by atoms with Gasteiger partial charge in [-0.3, -0.25) is 0 Å². The molecule has 0 fully saturated rings. The van der Waals surface area contributed by atoms with Crippen LogP contribution in [0.25, 0.3) is 10.6 Å². The third-order valence-corrected chi connectivity index (χ3v) is 4.23. The lowest BCUT2D eigenvalue weighted by Gasteiger charge is -2.00. The van der Waals surface area contributed by atoms with Crippen LogP contribution in [0.3, 0.4) is 0 Å². The van der Waals surface area contributed by atoms with Crippen LogP contribution in [0.15, 0.2) is 28.7 Å². The second-order valence-corrected chi connectivity index (χ2v) is 6.34. The van der Waals surface area contributed by atoms with Gasteiger partial charge in [-0.05, 0) is 38.1 Å². The molecule has 0 aliphatic rings. The van der Waals surface area contributed by atoms with Crippen LogP contribution < -0.4 is 5.32 Å². The Labute approximate surface area is 126 Å². The van der Waals surface area contributed by atoms with Crippen molar-refractivity contribution in [1.82, 2.24) is 15.5 Å². The summed E-state index contributed by atoms with van der Waals surface area (Å²) < 4.78 is 1.07. The van der Waals surface area contributed by atoms with E-state index in [0.717, 1.165) is 46.0 Å². The monoisotopic (exact) mass is 339 g/mol. The van der Waals surface area contributed by atoms with Crippen molar-refractivity contribution in [3.8, 4) is 10.6 Å². The van der Waals surface area contributed by atoms with E-state index in [0.29, 0.717) is 0 Å². The summed E-state index contributed by atoms with van der Waals surface area (Å²) in [6.45, 7) is 4.33. The first-order valence-electron chi connectivity index (χ1n) is 6.58. The molecule has 3 nitrogen and oxygen atoms in total. The van der Waals surface area contributed by atoms with E-state index >= 15 is 0 Å². The summed E-state index contributed by atoms with van der Waals surface area (Å²) in [5, 5.41) is 14.1. The molecule has 1 N–H and O–H groups in total. The van der Waals surface area contributed by atoms with Gasteiger partial charge in [0.15, 0.2) is 0 Å². The van der Waals surface area contributed by atoms with E-state index < -0.39 is 0 Å². The molecule has 0 aliphatic carbocycles. The Balaban J connectivity index is 1.88. The Hall–Kier alpha value is -0.780. The van der Waals surface area contributed by atoms with Gasteiger partial charge in [0.05, 0.1) is 0 Å². The topological polar surface area (TPSA) is 37.8 Å². The molecule has 2 aromatic rings. The second kappa shape index (κ2) is 7.72. The summed E-state index contributed by atoms with van der Waals surface area (Å²) in [7, 11) is 0. The van der Waals surface area contributed by atoms with Gasteiger partial charge in [-0.15, -0.1) is 10.2 Å². The zero-order valence-corrected chi connectivity index (χ0v) is 13.4. The lowest BCUT2D eigenvalue weighted by atomic mass is 10.2. The highest BCUT2D eigenvalue weighted by Gasteiger charge is 2.06. The molecule has 0 spiro atoms. The fraction of sp³-hybridized carbons (Fsp3) is 0.429. The molecule has 19 heavy (non-hydrogen) atoms. The average Bonchev–Trinajstić information content (AvgIpc) is 2.87. The van der Waals surface area contributed by atoms with Gasteiger partial charge in [-0.1, -0.05) is 46.3 Å². The molecular formula is C14H18BrN3S. The summed E-state index contributed by atoms with van der Waals surface area (Å²) in [5.41, 5.74) is 1.13. The number of benzene rings is 1. The maximum atomic E-state index is 4.27. The average molecular weight is 340 g/mol. The lowest BCUT2D eigenvalue weighted by Crippen LogP contribution is -2.16. The van der Waals surface area contributed by atoms with E-state index in [1.165, 1.54) is 6.42 Å². The van der Waals surface area contributed by atoms with Crippen molar-refractivity contribution in [2.24, 2.45) is 0 Å². The number of hydrogen-bond donors (Lipinski definition) is 1. The van der Waals surface area contributed by atoms with E-state index in [4.69, 9.17) is 0 Å². The molecule has 0 unspecified atom stereocenters. The minimum atomic E-state index is 0.998. The highest BCUT2D eigenvalue weighted by molar-refractivity contribution is 9.10. The molecule has 1 heterocycles. The molecule has 1 aromatic carbocycles. The first-order valence-corrected chi connectivity index (χ1v) is 8.19. The zero-order valence-electron chi connectivity index (χ0n) is 11.0. The van der Waals surface area contributed by atoms with Gasteiger partial charge in [0.1, 0.15) is 10.0 Å². The van der Waals surface area contributed by atoms with Crippen molar-refractivity contribution >= 4 is 27.3 Å². The third-order valence-electron chi connectivity index (χ3n) is 2.71. The Morgan fingerprint density at radius 2 is 2.16 bits per heavy atom. The highest BCUT2D eigenvalue weighted by atomic mass is 79.9. The van der Waals surface area contributed by atoms with Crippen LogP contribution in [0.2, 0.25) is 0 Å². The summed E-state index contributed by atoms with van der Waals surface area (Å²) in [4.78, 5) is 0. The SMILES string of the molecule is CCCNCCCc1nnc(-c2cccc(Br)c2)s1. The summed E-state index contributed by atoms with van der Waals surface area (Å²) in [5.74, 6) is 0. The molecule has 5 heteroatoms. The second-order valence-electron chi connectivity index (χ2n) is 4.36. The standard InChI is InChI=1S/C14H18BrN3S/c1-2-8-16-9-4-7-13-17-18-14(19-13)11-5-3-6-12(15)10-11/h3,5-6,10,16H,2,4,7-9H2,1H3. The van der Waals surface area contributed by atoms with Crippen molar-refractivity contribution in [3.05, 3.63) is 33.7 Å². The molecule has 0 bridgehead atoms. The Morgan fingerprint density at radius 3 is 2.95 bits per heavy atom. The Bertz CT molecular complexity index is 513. The smallest absolute Gasteiger partial charge is 0.147 e. The Kier molecular flexibility index (Phi) is 5.94. The minimum absolute atomic E-state index is 0.998. The summed E-state index contributed by atoms with van der Waals surface area (Å²) in [6.07, 6.45) is 3.31. The van der Waals surface area contributed by atoms with Crippen molar-refractivity contribution in [3.63, 3.8) is 0 Å². The predicted octanol–water partition coefficient (Wildman–Crippen LogP) is 3.90. The molecular weight excluding hydrogens is 322 g/mol. The number of rotatable bonds is 7. The molecule has 0 aliphatic heterocycles. The van der Waals surface area contributed by atoms with Crippen molar-refractivity contribution in [1.29, 1.82) is 0 Å². The van der Waals surface area contributed by atoms with Crippen LogP contribution in [0.4, 0.5) is 0 Å². The van der Waals surface area contributed by atoms with Gasteiger partial charge in [0.25, 0.3) is 0 Å². The van der Waals surface area contributed by atoms with Gasteiger partial charge in [-0.2, -0.15) is 0 Å². The number of nitrogens with one attached hydrogen (secondary N) is 1. The Morgan fingerprint density at radius 1 is 1.26 bits per heavy atom. The van der Waals surface area contributed by atoms with Gasteiger partial charge in [-0.25, -0.2) is 0 Å². The number of nitrogens with zero attached hydrogens (tertiary/aromatic N) is 2. The van der Waals surface area contributed by atoms with Gasteiger partial charge < -0.3 is 5.32 Å². The quantitative estimate of drug-likeness (QED) is 0.777. The van der Waals surface area contributed by atoms with Crippen LogP contribution in [-0.4, -0.2) is 23.3 Å². The lowest BCUT2D eigenvalue weighted by molar-refractivity contribution is 0.637. The predicted molar refractivity (Wildman–Crippen MR) is 84.5 cm³/mol. The fourth-order valence-electron chi connectivity index (χ4n) is 1.76. The highest BCUT2D eigenvalue weighted by Crippen LogP contribution is 2.26. The van der Waals surface area contributed by atoms with E-state index in [9.17, 15) is 0 Å². The minimum Gasteiger partial charge on any atom is -0.317 e. The first kappa shape index (κ1) is 14.6. The molecule has 102 valence electrons. The van der Waals surface area contributed by atoms with E-state index in [-0.39, 0.29) is 0 Å². The molecule has 1 aromatic heterocycles. The van der Waals surface area contributed by atoms with Crippen molar-refractivity contribution in [2.45, 2.75) is 26.2 Å². The molecule has 0 atom stereocenters. The molecule has 0 radical (unpaired) electrons. The summed E-state index contributed by atoms with van der Waals surface area (Å²) in [6, 6.07) is 8.19. The number of aryl methyl sites for hydroxylation is 1. The zero-order chi connectivity index (χ0) is 13.5. The molecule has 0 saturated heterocycles. The van der Waals surface area contributed by atoms with Crippen LogP contribution >= 0.6 is 27.3 Å². The normalized spacial score (nSPS) is 10.8. The fourth-order valence-corrected chi connectivity index (χ4v) is 3.04. The molecule has 2 rings (SSSR count). The number of hydrogen-bond acceptors (Lipinski definition) is 4. The first-order chi connectivity index (χ1) is 9.29. The van der Waals surface area contributed by atoms with Crippen LogP contribution in [0, 0.1) is 0 Å². The van der Waals surface area contributed by atoms with Gasteiger partial charge >= 0.3 is 0 Å². The molecule has 0 amide bonds.